The van der Waals surface area contributed by atoms with Crippen molar-refractivity contribution in [1.29, 1.82) is 0 Å². The lowest BCUT2D eigenvalue weighted by Crippen LogP contribution is -2.06. The quantitative estimate of drug-likeness (QED) is 0.739. The van der Waals surface area contributed by atoms with E-state index in [1.807, 2.05) is 13.1 Å². The molecular weight excluding hydrogens is 270 g/mol. The minimum Gasteiger partial charge on any atom is -0.465 e. The molecule has 0 atom stereocenters. The number of methoxy groups -OCH3 is 1. The minimum atomic E-state index is -0.408. The van der Waals surface area contributed by atoms with E-state index in [1.54, 1.807) is 29.1 Å². The average Bonchev–Trinajstić information content (AvgIpc) is 2.90. The molecule has 1 aromatic carbocycles. The highest BCUT2D eigenvalue weighted by atomic mass is 16.5. The highest BCUT2D eigenvalue weighted by molar-refractivity contribution is 5.98. The molecule has 0 saturated carbocycles. The van der Waals surface area contributed by atoms with Crippen molar-refractivity contribution >= 4 is 28.5 Å². The Hall–Kier alpha value is -2.96. The van der Waals surface area contributed by atoms with Gasteiger partial charge < -0.3 is 10.1 Å². The van der Waals surface area contributed by atoms with Gasteiger partial charge in [-0.3, -0.25) is 4.68 Å². The first kappa shape index (κ1) is 13.0. The zero-order valence-corrected chi connectivity index (χ0v) is 11.6. The molecule has 0 aliphatic heterocycles. The number of hydrogen-bond donors (Lipinski definition) is 1. The van der Waals surface area contributed by atoms with E-state index in [0.29, 0.717) is 22.7 Å². The van der Waals surface area contributed by atoms with Crippen LogP contribution >= 0.6 is 0 Å². The third-order valence-corrected chi connectivity index (χ3v) is 3.11. The van der Waals surface area contributed by atoms with Crippen molar-refractivity contribution in [2.45, 2.75) is 0 Å². The molecule has 0 bridgehead atoms. The molecule has 21 heavy (non-hydrogen) atoms. The number of hydrogen-bond acceptors (Lipinski definition) is 6. The summed E-state index contributed by atoms with van der Waals surface area (Å²) in [6, 6.07) is 7.08. The van der Waals surface area contributed by atoms with Crippen LogP contribution in [0.2, 0.25) is 0 Å². The molecule has 2 heterocycles. The summed E-state index contributed by atoms with van der Waals surface area (Å²) in [5.41, 5.74) is 1.77. The van der Waals surface area contributed by atoms with E-state index in [0.717, 1.165) is 5.39 Å². The molecule has 7 heteroatoms. The number of carbonyl (C=O) groups excluding carboxylic acids is 1. The number of para-hydroxylation sites is 1. The fourth-order valence-corrected chi connectivity index (χ4v) is 2.07. The van der Waals surface area contributed by atoms with Crippen LogP contribution in [0.15, 0.2) is 36.8 Å². The molecule has 0 aliphatic rings. The number of aromatic nitrogens is 4. The standard InChI is InChI=1S/C14H13N5O2/c1-19-13-10(7-17-19)12(15-8-16-13)18-11-6-4-3-5-9(11)14(20)21-2/h3-8H,1-2H3,(H,15,16,18). The Balaban J connectivity index is 2.05. The predicted molar refractivity (Wildman–Crippen MR) is 77.4 cm³/mol. The summed E-state index contributed by atoms with van der Waals surface area (Å²) in [7, 11) is 3.16. The van der Waals surface area contributed by atoms with Crippen molar-refractivity contribution in [3.8, 4) is 0 Å². The third-order valence-electron chi connectivity index (χ3n) is 3.11. The van der Waals surface area contributed by atoms with Crippen molar-refractivity contribution in [3.05, 3.63) is 42.4 Å². The molecule has 0 saturated heterocycles. The maximum atomic E-state index is 11.8. The predicted octanol–water partition coefficient (Wildman–Crippen LogP) is 1.89. The Morgan fingerprint density at radius 1 is 1.29 bits per heavy atom. The first-order valence-corrected chi connectivity index (χ1v) is 6.28. The van der Waals surface area contributed by atoms with Crippen molar-refractivity contribution in [3.63, 3.8) is 0 Å². The van der Waals surface area contributed by atoms with E-state index in [1.165, 1.54) is 13.4 Å². The van der Waals surface area contributed by atoms with Gasteiger partial charge >= 0.3 is 5.97 Å². The van der Waals surface area contributed by atoms with Crippen LogP contribution in [-0.2, 0) is 11.8 Å². The van der Waals surface area contributed by atoms with Crippen LogP contribution in [0.1, 0.15) is 10.4 Å². The molecule has 0 amide bonds. The number of nitrogens with zero attached hydrogens (tertiary/aromatic N) is 4. The first-order chi connectivity index (χ1) is 10.2. The molecule has 0 unspecified atom stereocenters. The van der Waals surface area contributed by atoms with Gasteiger partial charge in [0.15, 0.2) is 5.65 Å². The van der Waals surface area contributed by atoms with Gasteiger partial charge in [0, 0.05) is 7.05 Å². The lowest BCUT2D eigenvalue weighted by molar-refractivity contribution is 0.0602. The Labute approximate surface area is 120 Å². The molecule has 106 valence electrons. The summed E-state index contributed by atoms with van der Waals surface area (Å²) >= 11 is 0. The van der Waals surface area contributed by atoms with Gasteiger partial charge in [-0.25, -0.2) is 14.8 Å². The molecule has 7 nitrogen and oxygen atoms in total. The SMILES string of the molecule is COC(=O)c1ccccc1Nc1ncnc2c1cnn2C. The van der Waals surface area contributed by atoms with E-state index >= 15 is 0 Å². The van der Waals surface area contributed by atoms with Gasteiger partial charge in [0.2, 0.25) is 0 Å². The zero-order valence-electron chi connectivity index (χ0n) is 11.6. The average molecular weight is 283 g/mol. The van der Waals surface area contributed by atoms with E-state index < -0.39 is 5.97 Å². The second-order valence-electron chi connectivity index (χ2n) is 4.39. The Bertz CT molecular complexity index is 812. The number of esters is 1. The topological polar surface area (TPSA) is 81.9 Å². The number of nitrogens with one attached hydrogen (secondary N) is 1. The van der Waals surface area contributed by atoms with Crippen LogP contribution in [0.25, 0.3) is 11.0 Å². The first-order valence-electron chi connectivity index (χ1n) is 6.28. The summed E-state index contributed by atoms with van der Waals surface area (Å²) in [4.78, 5) is 20.2. The summed E-state index contributed by atoms with van der Waals surface area (Å²) in [6.07, 6.45) is 3.13. The van der Waals surface area contributed by atoms with Crippen molar-refractivity contribution in [2.24, 2.45) is 7.05 Å². The number of aryl methyl sites for hydroxylation is 1. The van der Waals surface area contributed by atoms with E-state index in [-0.39, 0.29) is 0 Å². The van der Waals surface area contributed by atoms with Gasteiger partial charge in [-0.1, -0.05) is 12.1 Å². The lowest BCUT2D eigenvalue weighted by atomic mass is 10.2. The van der Waals surface area contributed by atoms with Crippen molar-refractivity contribution in [1.82, 2.24) is 19.7 Å². The van der Waals surface area contributed by atoms with Crippen LogP contribution < -0.4 is 5.32 Å². The van der Waals surface area contributed by atoms with Gasteiger partial charge in [-0.2, -0.15) is 5.10 Å². The number of fused-ring (bicyclic) bond motifs is 1. The molecule has 0 fully saturated rings. The molecule has 2 aromatic heterocycles. The number of rotatable bonds is 3. The van der Waals surface area contributed by atoms with E-state index in [9.17, 15) is 4.79 Å². The van der Waals surface area contributed by atoms with Crippen LogP contribution in [0, 0.1) is 0 Å². The third kappa shape index (κ3) is 2.29. The number of benzene rings is 1. The van der Waals surface area contributed by atoms with Gasteiger partial charge in [-0.15, -0.1) is 0 Å². The number of anilines is 2. The summed E-state index contributed by atoms with van der Waals surface area (Å²) < 4.78 is 6.44. The maximum Gasteiger partial charge on any atom is 0.339 e. The monoisotopic (exact) mass is 283 g/mol. The molecule has 0 radical (unpaired) electrons. The van der Waals surface area contributed by atoms with Crippen molar-refractivity contribution < 1.29 is 9.53 Å². The van der Waals surface area contributed by atoms with Crippen molar-refractivity contribution in [2.75, 3.05) is 12.4 Å². The Morgan fingerprint density at radius 3 is 2.90 bits per heavy atom. The molecular formula is C14H13N5O2. The minimum absolute atomic E-state index is 0.408. The molecule has 0 aliphatic carbocycles. The van der Waals surface area contributed by atoms with Crippen LogP contribution in [0.4, 0.5) is 11.5 Å². The largest absolute Gasteiger partial charge is 0.465 e. The highest BCUT2D eigenvalue weighted by Crippen LogP contribution is 2.24. The summed E-state index contributed by atoms with van der Waals surface area (Å²) in [5.74, 6) is 0.180. The maximum absolute atomic E-state index is 11.8. The van der Waals surface area contributed by atoms with E-state index in [4.69, 9.17) is 4.74 Å². The second kappa shape index (κ2) is 5.20. The van der Waals surface area contributed by atoms with Gasteiger partial charge in [0.1, 0.15) is 12.1 Å². The molecule has 1 N–H and O–H groups in total. The molecule has 0 spiro atoms. The van der Waals surface area contributed by atoms with Gasteiger partial charge in [0.05, 0.1) is 29.9 Å². The van der Waals surface area contributed by atoms with Gasteiger partial charge in [0.25, 0.3) is 0 Å². The summed E-state index contributed by atoms with van der Waals surface area (Å²) in [5, 5.41) is 8.07. The second-order valence-corrected chi connectivity index (χ2v) is 4.39. The smallest absolute Gasteiger partial charge is 0.339 e. The summed E-state index contributed by atoms with van der Waals surface area (Å²) in [6.45, 7) is 0. The number of ether oxygens (including phenoxy) is 1. The zero-order chi connectivity index (χ0) is 14.8. The lowest BCUT2D eigenvalue weighted by Gasteiger charge is -2.10. The Kier molecular flexibility index (Phi) is 3.23. The Morgan fingerprint density at radius 2 is 2.10 bits per heavy atom. The van der Waals surface area contributed by atoms with Gasteiger partial charge in [-0.05, 0) is 12.1 Å². The van der Waals surface area contributed by atoms with Crippen LogP contribution in [-0.4, -0.2) is 32.8 Å². The molecule has 3 aromatic rings. The fraction of sp³-hybridized carbons (Fsp3) is 0.143. The molecule has 3 rings (SSSR count). The van der Waals surface area contributed by atoms with Crippen LogP contribution in [0.5, 0.6) is 0 Å². The highest BCUT2D eigenvalue weighted by Gasteiger charge is 2.13. The number of carbonyl (C=O) groups is 1. The normalized spacial score (nSPS) is 10.6. The fourth-order valence-electron chi connectivity index (χ4n) is 2.07. The van der Waals surface area contributed by atoms with Crippen LogP contribution in [0.3, 0.4) is 0 Å². The van der Waals surface area contributed by atoms with E-state index in [2.05, 4.69) is 20.4 Å².